The summed E-state index contributed by atoms with van der Waals surface area (Å²) in [6, 6.07) is 5.56. The van der Waals surface area contributed by atoms with Crippen LogP contribution >= 0.6 is 11.3 Å². The van der Waals surface area contributed by atoms with E-state index in [0.29, 0.717) is 11.0 Å². The quantitative estimate of drug-likeness (QED) is 0.794. The molecule has 8 heteroatoms. The molecule has 1 aromatic carbocycles. The predicted molar refractivity (Wildman–Crippen MR) is 77.5 cm³/mol. The van der Waals surface area contributed by atoms with Crippen LogP contribution in [-0.2, 0) is 11.2 Å². The van der Waals surface area contributed by atoms with Gasteiger partial charge in [-0.3, -0.25) is 4.79 Å². The Balaban J connectivity index is 1.73. The van der Waals surface area contributed by atoms with Gasteiger partial charge in [-0.15, -0.1) is 0 Å². The summed E-state index contributed by atoms with van der Waals surface area (Å²) >= 11 is 1.38. The number of aromatic nitrogens is 3. The molecule has 0 aliphatic rings. The van der Waals surface area contributed by atoms with Crippen LogP contribution in [0.2, 0.25) is 0 Å². The number of amides is 1. The van der Waals surface area contributed by atoms with Gasteiger partial charge in [-0.2, -0.15) is 4.98 Å². The molecule has 108 valence electrons. The summed E-state index contributed by atoms with van der Waals surface area (Å²) in [6.07, 6.45) is 0.0279. The zero-order chi connectivity index (χ0) is 14.8. The Morgan fingerprint density at radius 3 is 3.00 bits per heavy atom. The standard InChI is InChI=1S/C13H12N4O3S/c1-7-14-12(20-17-7)6-11(18)16-13-15-9-4-3-8(19-2)5-10(9)21-13/h3-5H,6H2,1-2H3,(H,15,16,18). The highest BCUT2D eigenvalue weighted by Gasteiger charge is 2.12. The highest BCUT2D eigenvalue weighted by Crippen LogP contribution is 2.29. The highest BCUT2D eigenvalue weighted by atomic mass is 32.1. The van der Waals surface area contributed by atoms with Gasteiger partial charge in [-0.1, -0.05) is 16.5 Å². The molecule has 2 heterocycles. The van der Waals surface area contributed by atoms with Crippen LogP contribution in [0.1, 0.15) is 11.7 Å². The fourth-order valence-corrected chi connectivity index (χ4v) is 2.71. The molecule has 0 saturated carbocycles. The average molecular weight is 304 g/mol. The topological polar surface area (TPSA) is 90.1 Å². The summed E-state index contributed by atoms with van der Waals surface area (Å²) in [5.41, 5.74) is 0.810. The second-order valence-corrected chi connectivity index (χ2v) is 5.34. The number of ether oxygens (including phenoxy) is 1. The van der Waals surface area contributed by atoms with Gasteiger partial charge in [0.15, 0.2) is 11.0 Å². The summed E-state index contributed by atoms with van der Waals surface area (Å²) in [6.45, 7) is 1.70. The summed E-state index contributed by atoms with van der Waals surface area (Å²) in [4.78, 5) is 20.2. The van der Waals surface area contributed by atoms with Crippen LogP contribution in [0.4, 0.5) is 5.13 Å². The van der Waals surface area contributed by atoms with Gasteiger partial charge in [-0.25, -0.2) is 4.98 Å². The van der Waals surface area contributed by atoms with Crippen LogP contribution < -0.4 is 10.1 Å². The van der Waals surface area contributed by atoms with Crippen molar-refractivity contribution in [2.75, 3.05) is 12.4 Å². The first-order chi connectivity index (χ1) is 10.1. The molecule has 1 N–H and O–H groups in total. The van der Waals surface area contributed by atoms with Crippen molar-refractivity contribution < 1.29 is 14.1 Å². The third kappa shape index (κ3) is 3.00. The SMILES string of the molecule is COc1ccc2nc(NC(=O)Cc3nc(C)no3)sc2c1. The Kier molecular flexibility index (Phi) is 3.53. The number of hydrogen-bond acceptors (Lipinski definition) is 7. The molecule has 0 atom stereocenters. The number of methoxy groups -OCH3 is 1. The summed E-state index contributed by atoms with van der Waals surface area (Å²) < 4.78 is 11.0. The number of anilines is 1. The fourth-order valence-electron chi connectivity index (χ4n) is 1.80. The van der Waals surface area contributed by atoms with Crippen molar-refractivity contribution in [3.8, 4) is 5.75 Å². The monoisotopic (exact) mass is 304 g/mol. The summed E-state index contributed by atoms with van der Waals surface area (Å²) in [5, 5.41) is 6.89. The van der Waals surface area contributed by atoms with E-state index >= 15 is 0 Å². The molecule has 0 radical (unpaired) electrons. The third-order valence-electron chi connectivity index (χ3n) is 2.72. The van der Waals surface area contributed by atoms with E-state index in [1.165, 1.54) is 11.3 Å². The number of carbonyl (C=O) groups excluding carboxylic acids is 1. The van der Waals surface area contributed by atoms with Gasteiger partial charge in [0.2, 0.25) is 11.8 Å². The minimum absolute atomic E-state index is 0.0279. The van der Waals surface area contributed by atoms with E-state index in [1.54, 1.807) is 14.0 Å². The third-order valence-corrected chi connectivity index (χ3v) is 3.66. The van der Waals surface area contributed by atoms with Crippen molar-refractivity contribution in [3.63, 3.8) is 0 Å². The van der Waals surface area contributed by atoms with Crippen LogP contribution in [0, 0.1) is 6.92 Å². The first kappa shape index (κ1) is 13.5. The molecule has 1 amide bonds. The minimum Gasteiger partial charge on any atom is -0.497 e. The number of rotatable bonds is 4. The molecular weight excluding hydrogens is 292 g/mol. The van der Waals surface area contributed by atoms with Gasteiger partial charge >= 0.3 is 0 Å². The molecule has 2 aromatic heterocycles. The smallest absolute Gasteiger partial charge is 0.236 e. The number of nitrogens with zero attached hydrogens (tertiary/aromatic N) is 3. The predicted octanol–water partition coefficient (Wildman–Crippen LogP) is 2.18. The van der Waals surface area contributed by atoms with Crippen molar-refractivity contribution in [1.29, 1.82) is 0 Å². The van der Waals surface area contributed by atoms with E-state index < -0.39 is 0 Å². The lowest BCUT2D eigenvalue weighted by Gasteiger charge is -1.96. The Labute approximate surface area is 123 Å². The van der Waals surface area contributed by atoms with Crippen LogP contribution in [0.3, 0.4) is 0 Å². The second-order valence-electron chi connectivity index (χ2n) is 4.31. The number of nitrogens with one attached hydrogen (secondary N) is 1. The minimum atomic E-state index is -0.246. The Morgan fingerprint density at radius 2 is 2.29 bits per heavy atom. The normalized spacial score (nSPS) is 10.8. The number of hydrogen-bond donors (Lipinski definition) is 1. The molecule has 21 heavy (non-hydrogen) atoms. The molecule has 0 saturated heterocycles. The molecule has 0 aliphatic heterocycles. The molecule has 0 bridgehead atoms. The van der Waals surface area contributed by atoms with E-state index in [-0.39, 0.29) is 18.2 Å². The Bertz CT molecular complexity index is 796. The van der Waals surface area contributed by atoms with E-state index in [9.17, 15) is 4.79 Å². The first-order valence-corrected chi connectivity index (χ1v) is 6.99. The lowest BCUT2D eigenvalue weighted by Crippen LogP contribution is -2.14. The molecule has 0 aliphatic carbocycles. The van der Waals surface area contributed by atoms with E-state index in [4.69, 9.17) is 9.26 Å². The van der Waals surface area contributed by atoms with Crippen LogP contribution in [0.5, 0.6) is 5.75 Å². The van der Waals surface area contributed by atoms with Crippen molar-refractivity contribution in [2.45, 2.75) is 13.3 Å². The van der Waals surface area contributed by atoms with Gasteiger partial charge in [0, 0.05) is 0 Å². The summed E-state index contributed by atoms with van der Waals surface area (Å²) in [7, 11) is 1.61. The fraction of sp³-hybridized carbons (Fsp3) is 0.231. The van der Waals surface area contributed by atoms with Gasteiger partial charge in [0.05, 0.1) is 17.3 Å². The maximum Gasteiger partial charge on any atom is 0.236 e. The molecule has 3 rings (SSSR count). The van der Waals surface area contributed by atoms with Gasteiger partial charge in [-0.05, 0) is 25.1 Å². The van der Waals surface area contributed by atoms with Gasteiger partial charge < -0.3 is 14.6 Å². The molecule has 0 spiro atoms. The van der Waals surface area contributed by atoms with Crippen molar-refractivity contribution in [3.05, 3.63) is 29.9 Å². The Hall–Kier alpha value is -2.48. The van der Waals surface area contributed by atoms with Crippen LogP contribution in [0.15, 0.2) is 22.7 Å². The van der Waals surface area contributed by atoms with E-state index in [0.717, 1.165) is 16.0 Å². The van der Waals surface area contributed by atoms with Crippen molar-refractivity contribution in [2.24, 2.45) is 0 Å². The highest BCUT2D eigenvalue weighted by molar-refractivity contribution is 7.22. The van der Waals surface area contributed by atoms with E-state index in [1.807, 2.05) is 18.2 Å². The number of carbonyl (C=O) groups is 1. The average Bonchev–Trinajstić information content (AvgIpc) is 3.03. The zero-order valence-electron chi connectivity index (χ0n) is 11.4. The van der Waals surface area contributed by atoms with Gasteiger partial charge in [0.25, 0.3) is 0 Å². The number of benzene rings is 1. The zero-order valence-corrected chi connectivity index (χ0v) is 12.2. The maximum atomic E-state index is 11.9. The molecular formula is C13H12N4O3S. The number of fused-ring (bicyclic) bond motifs is 1. The van der Waals surface area contributed by atoms with Gasteiger partial charge in [0.1, 0.15) is 12.2 Å². The van der Waals surface area contributed by atoms with Crippen molar-refractivity contribution in [1.82, 2.24) is 15.1 Å². The number of aryl methyl sites for hydroxylation is 1. The lowest BCUT2D eigenvalue weighted by atomic mass is 10.3. The van der Waals surface area contributed by atoms with E-state index in [2.05, 4.69) is 20.4 Å². The number of thiazole rings is 1. The largest absolute Gasteiger partial charge is 0.497 e. The van der Waals surface area contributed by atoms with Crippen LogP contribution in [0.25, 0.3) is 10.2 Å². The maximum absolute atomic E-state index is 11.9. The Morgan fingerprint density at radius 1 is 1.43 bits per heavy atom. The second kappa shape index (κ2) is 5.49. The molecule has 0 unspecified atom stereocenters. The molecule has 0 fully saturated rings. The molecule has 3 aromatic rings. The first-order valence-electron chi connectivity index (χ1n) is 6.17. The van der Waals surface area contributed by atoms with Crippen LogP contribution in [-0.4, -0.2) is 28.1 Å². The summed E-state index contributed by atoms with van der Waals surface area (Å²) in [5.74, 6) is 1.30. The van der Waals surface area contributed by atoms with Crippen molar-refractivity contribution >= 4 is 32.6 Å². The molecule has 7 nitrogen and oxygen atoms in total. The lowest BCUT2D eigenvalue weighted by molar-refractivity contribution is -0.115.